The van der Waals surface area contributed by atoms with Crippen LogP contribution in [-0.4, -0.2) is 31.2 Å². The highest BCUT2D eigenvalue weighted by Gasteiger charge is 2.22. The summed E-state index contributed by atoms with van der Waals surface area (Å²) in [5.41, 5.74) is 3.70. The molecule has 152 valence electrons. The number of aromatic nitrogens is 1. The first kappa shape index (κ1) is 20.4. The Kier molecular flexibility index (Phi) is 6.06. The number of hydrogen-bond donors (Lipinski definition) is 0. The van der Waals surface area contributed by atoms with Gasteiger partial charge in [0.2, 0.25) is 0 Å². The number of fused-ring (bicyclic) bond motifs is 1. The van der Waals surface area contributed by atoms with E-state index in [0.29, 0.717) is 17.2 Å². The van der Waals surface area contributed by atoms with Gasteiger partial charge < -0.3 is 4.90 Å². The molecule has 1 heterocycles. The number of anilines is 2. The number of nitrogens with zero attached hydrogens (tertiary/aromatic N) is 3. The van der Waals surface area contributed by atoms with Crippen LogP contribution in [0.4, 0.5) is 10.8 Å². The Bertz CT molecular complexity index is 1150. The van der Waals surface area contributed by atoms with Crippen LogP contribution in [-0.2, 0) is 6.54 Å². The molecule has 1 aromatic heterocycles. The van der Waals surface area contributed by atoms with Crippen LogP contribution in [0.5, 0.6) is 0 Å². The molecule has 0 aliphatic rings. The van der Waals surface area contributed by atoms with Gasteiger partial charge in [0.1, 0.15) is 0 Å². The second kappa shape index (κ2) is 8.90. The van der Waals surface area contributed by atoms with Crippen LogP contribution in [0.1, 0.15) is 15.9 Å². The van der Waals surface area contributed by atoms with Crippen molar-refractivity contribution in [3.8, 4) is 0 Å². The fraction of sp³-hybridized carbons (Fsp3) is 0.167. The third-order valence-corrected chi connectivity index (χ3v) is 6.64. The average Bonchev–Trinajstić information content (AvgIpc) is 3.20. The first-order valence-corrected chi connectivity index (χ1v) is 11.7. The summed E-state index contributed by atoms with van der Waals surface area (Å²) in [6, 6.07) is 24.0. The molecule has 1 amide bonds. The molecule has 6 heteroatoms. The van der Waals surface area contributed by atoms with E-state index in [4.69, 9.17) is 4.98 Å². The smallest absolute Gasteiger partial charge is 0.260 e. The summed E-state index contributed by atoms with van der Waals surface area (Å²) in [6.07, 6.45) is 2.06. The van der Waals surface area contributed by atoms with Crippen molar-refractivity contribution in [3.63, 3.8) is 0 Å². The van der Waals surface area contributed by atoms with Gasteiger partial charge in [-0.1, -0.05) is 41.7 Å². The van der Waals surface area contributed by atoms with Crippen molar-refractivity contribution in [3.05, 3.63) is 83.9 Å². The van der Waals surface area contributed by atoms with Gasteiger partial charge in [-0.05, 0) is 54.3 Å². The summed E-state index contributed by atoms with van der Waals surface area (Å²) in [4.78, 5) is 23.3. The van der Waals surface area contributed by atoms with Crippen molar-refractivity contribution >= 4 is 50.0 Å². The molecule has 0 bridgehead atoms. The van der Waals surface area contributed by atoms with Gasteiger partial charge in [0.25, 0.3) is 5.91 Å². The molecule has 0 unspecified atom stereocenters. The predicted molar refractivity (Wildman–Crippen MR) is 129 cm³/mol. The quantitative estimate of drug-likeness (QED) is 0.353. The molecule has 0 N–H and O–H groups in total. The van der Waals surface area contributed by atoms with Crippen LogP contribution in [0.25, 0.3) is 10.2 Å². The van der Waals surface area contributed by atoms with E-state index < -0.39 is 0 Å². The zero-order valence-corrected chi connectivity index (χ0v) is 18.8. The maximum atomic E-state index is 13.5. The standard InChI is InChI=1S/C24H23N3OS2/c1-26(2)19-11-9-18(10-12-19)23(28)27(16-17-7-5-4-6-8-17)24-25-21-14-13-20(29-3)15-22(21)30-24/h4-15H,16H2,1-3H3. The summed E-state index contributed by atoms with van der Waals surface area (Å²) in [5, 5.41) is 0.716. The fourth-order valence-corrected chi connectivity index (χ4v) is 4.70. The van der Waals surface area contributed by atoms with Gasteiger partial charge >= 0.3 is 0 Å². The summed E-state index contributed by atoms with van der Waals surface area (Å²) < 4.78 is 1.09. The Morgan fingerprint density at radius 2 is 1.73 bits per heavy atom. The van der Waals surface area contributed by atoms with E-state index in [1.807, 2.05) is 79.7 Å². The van der Waals surface area contributed by atoms with Gasteiger partial charge in [-0.3, -0.25) is 9.69 Å². The zero-order chi connectivity index (χ0) is 21.1. The monoisotopic (exact) mass is 433 g/mol. The maximum Gasteiger partial charge on any atom is 0.260 e. The largest absolute Gasteiger partial charge is 0.378 e. The SMILES string of the molecule is CSc1ccc2nc(N(Cc3ccccc3)C(=O)c3ccc(N(C)C)cc3)sc2c1. The topological polar surface area (TPSA) is 36.4 Å². The number of hydrogen-bond acceptors (Lipinski definition) is 5. The van der Waals surface area contributed by atoms with E-state index in [0.717, 1.165) is 21.5 Å². The number of benzene rings is 3. The van der Waals surface area contributed by atoms with Gasteiger partial charge in [0, 0.05) is 30.2 Å². The Labute approximate surface area is 185 Å². The second-order valence-corrected chi connectivity index (χ2v) is 9.04. The van der Waals surface area contributed by atoms with Crippen molar-refractivity contribution in [2.24, 2.45) is 0 Å². The number of rotatable bonds is 6. The molecule has 4 rings (SSSR count). The fourth-order valence-electron chi connectivity index (χ4n) is 3.19. The molecule has 30 heavy (non-hydrogen) atoms. The molecule has 0 saturated heterocycles. The first-order chi connectivity index (χ1) is 14.5. The van der Waals surface area contributed by atoms with Gasteiger partial charge in [0.05, 0.1) is 16.8 Å². The molecule has 3 aromatic carbocycles. The number of amides is 1. The van der Waals surface area contributed by atoms with Crippen molar-refractivity contribution in [2.75, 3.05) is 30.2 Å². The van der Waals surface area contributed by atoms with E-state index in [1.54, 1.807) is 28.0 Å². The minimum atomic E-state index is -0.0479. The Hall–Kier alpha value is -2.83. The highest BCUT2D eigenvalue weighted by molar-refractivity contribution is 7.98. The minimum Gasteiger partial charge on any atom is -0.378 e. The lowest BCUT2D eigenvalue weighted by molar-refractivity contribution is 0.0985. The third kappa shape index (κ3) is 4.35. The van der Waals surface area contributed by atoms with E-state index in [9.17, 15) is 4.79 Å². The van der Waals surface area contributed by atoms with Crippen LogP contribution in [0.15, 0.2) is 77.7 Å². The summed E-state index contributed by atoms with van der Waals surface area (Å²) in [6.45, 7) is 0.477. The minimum absolute atomic E-state index is 0.0479. The number of carbonyl (C=O) groups excluding carboxylic acids is 1. The van der Waals surface area contributed by atoms with Crippen LogP contribution in [0, 0.1) is 0 Å². The molecule has 0 aliphatic carbocycles. The predicted octanol–water partition coefficient (Wildman–Crippen LogP) is 5.93. The second-order valence-electron chi connectivity index (χ2n) is 7.15. The van der Waals surface area contributed by atoms with Crippen molar-refractivity contribution in [1.82, 2.24) is 4.98 Å². The lowest BCUT2D eigenvalue weighted by atomic mass is 10.1. The normalized spacial score (nSPS) is 10.9. The molecule has 4 nitrogen and oxygen atoms in total. The zero-order valence-electron chi connectivity index (χ0n) is 17.2. The van der Waals surface area contributed by atoms with Gasteiger partial charge in [0.15, 0.2) is 5.13 Å². The molecule has 0 saturated carbocycles. The van der Waals surface area contributed by atoms with Gasteiger partial charge in [-0.15, -0.1) is 11.8 Å². The maximum absolute atomic E-state index is 13.5. The first-order valence-electron chi connectivity index (χ1n) is 9.63. The van der Waals surface area contributed by atoms with Gasteiger partial charge in [-0.2, -0.15) is 0 Å². The molecule has 0 fully saturated rings. The van der Waals surface area contributed by atoms with E-state index in [2.05, 4.69) is 18.4 Å². The Balaban J connectivity index is 1.73. The van der Waals surface area contributed by atoms with E-state index in [1.165, 1.54) is 4.90 Å². The highest BCUT2D eigenvalue weighted by Crippen LogP contribution is 2.33. The lowest BCUT2D eigenvalue weighted by Crippen LogP contribution is -2.30. The molecule has 0 radical (unpaired) electrons. The number of thiazole rings is 1. The van der Waals surface area contributed by atoms with E-state index >= 15 is 0 Å². The Morgan fingerprint density at radius 3 is 2.40 bits per heavy atom. The average molecular weight is 434 g/mol. The molecule has 4 aromatic rings. The summed E-state index contributed by atoms with van der Waals surface area (Å²) in [5.74, 6) is -0.0479. The molecular weight excluding hydrogens is 410 g/mol. The molecular formula is C24H23N3OS2. The van der Waals surface area contributed by atoms with Crippen molar-refractivity contribution in [2.45, 2.75) is 11.4 Å². The van der Waals surface area contributed by atoms with Crippen molar-refractivity contribution in [1.29, 1.82) is 0 Å². The molecule has 0 spiro atoms. The summed E-state index contributed by atoms with van der Waals surface area (Å²) >= 11 is 3.26. The number of carbonyl (C=O) groups is 1. The van der Waals surface area contributed by atoms with Crippen LogP contribution in [0.3, 0.4) is 0 Å². The summed E-state index contributed by atoms with van der Waals surface area (Å²) in [7, 11) is 3.98. The van der Waals surface area contributed by atoms with Crippen LogP contribution < -0.4 is 9.80 Å². The third-order valence-electron chi connectivity index (χ3n) is 4.87. The van der Waals surface area contributed by atoms with Crippen LogP contribution in [0.2, 0.25) is 0 Å². The van der Waals surface area contributed by atoms with Crippen molar-refractivity contribution < 1.29 is 4.79 Å². The van der Waals surface area contributed by atoms with Crippen LogP contribution >= 0.6 is 23.1 Å². The molecule has 0 aliphatic heterocycles. The number of thioether (sulfide) groups is 1. The molecule has 0 atom stereocenters. The Morgan fingerprint density at radius 1 is 1.00 bits per heavy atom. The highest BCUT2D eigenvalue weighted by atomic mass is 32.2. The van der Waals surface area contributed by atoms with Gasteiger partial charge in [-0.25, -0.2) is 4.98 Å². The lowest BCUT2D eigenvalue weighted by Gasteiger charge is -2.21. The van der Waals surface area contributed by atoms with E-state index in [-0.39, 0.29) is 5.91 Å².